The molecule has 4 rings (SSSR count). The van der Waals surface area contributed by atoms with Crippen LogP contribution >= 0.6 is 11.3 Å². The Labute approximate surface area is 172 Å². The number of unbranched alkanes of at least 4 members (excludes halogenated alkanes) is 3. The lowest BCUT2D eigenvalue weighted by atomic mass is 10.2. The summed E-state index contributed by atoms with van der Waals surface area (Å²) in [6, 6.07) is 11.4. The Balaban J connectivity index is 1.61. The molecule has 0 amide bonds. The molecular formula is C22H22N4O2S. The van der Waals surface area contributed by atoms with Crippen molar-refractivity contribution in [3.05, 3.63) is 69.2 Å². The molecule has 1 aromatic carbocycles. The first-order valence-electron chi connectivity index (χ1n) is 9.80. The van der Waals surface area contributed by atoms with Gasteiger partial charge in [0.1, 0.15) is 5.75 Å². The van der Waals surface area contributed by atoms with E-state index in [9.17, 15) is 4.79 Å². The molecule has 3 heterocycles. The van der Waals surface area contributed by atoms with Gasteiger partial charge in [-0.15, -0.1) is 5.10 Å². The number of para-hydroxylation sites is 1. The third kappa shape index (κ3) is 4.35. The molecule has 0 unspecified atom stereocenters. The normalized spacial score (nSPS) is 12.0. The average Bonchev–Trinajstić information content (AvgIpc) is 3.29. The number of benzene rings is 1. The third-order valence-electron chi connectivity index (χ3n) is 4.58. The maximum absolute atomic E-state index is 12.8. The zero-order valence-corrected chi connectivity index (χ0v) is 17.1. The van der Waals surface area contributed by atoms with Crippen molar-refractivity contribution in [2.75, 3.05) is 6.61 Å². The Morgan fingerprint density at radius 3 is 2.72 bits per heavy atom. The summed E-state index contributed by atoms with van der Waals surface area (Å²) in [5.74, 6) is 1.32. The van der Waals surface area contributed by atoms with Crippen LogP contribution in [-0.4, -0.2) is 26.2 Å². The SMILES string of the molecule is CCCCCCOc1ccccc1/C=c1\sc2nc(-c3ccncc3)nn2c1=O. The van der Waals surface area contributed by atoms with Crippen LogP contribution in [-0.2, 0) is 0 Å². The summed E-state index contributed by atoms with van der Waals surface area (Å²) in [5, 5.41) is 4.37. The average molecular weight is 407 g/mol. The lowest BCUT2D eigenvalue weighted by molar-refractivity contribution is 0.304. The van der Waals surface area contributed by atoms with Gasteiger partial charge in [0.2, 0.25) is 4.96 Å². The lowest BCUT2D eigenvalue weighted by Crippen LogP contribution is -2.23. The number of ether oxygens (including phenoxy) is 1. The fraction of sp³-hybridized carbons (Fsp3) is 0.273. The highest BCUT2D eigenvalue weighted by Gasteiger charge is 2.12. The summed E-state index contributed by atoms with van der Waals surface area (Å²) in [6.07, 6.45) is 9.84. The fourth-order valence-corrected chi connectivity index (χ4v) is 3.94. The number of hydrogen-bond acceptors (Lipinski definition) is 6. The quantitative estimate of drug-likeness (QED) is 0.417. The number of rotatable bonds is 8. The maximum Gasteiger partial charge on any atom is 0.291 e. The number of fused-ring (bicyclic) bond motifs is 1. The molecule has 0 spiro atoms. The van der Waals surface area contributed by atoms with Gasteiger partial charge < -0.3 is 4.74 Å². The van der Waals surface area contributed by atoms with Crippen molar-refractivity contribution >= 4 is 22.4 Å². The van der Waals surface area contributed by atoms with E-state index in [1.54, 1.807) is 12.4 Å². The second kappa shape index (κ2) is 8.96. The largest absolute Gasteiger partial charge is 0.493 e. The molecule has 29 heavy (non-hydrogen) atoms. The second-order valence-corrected chi connectivity index (χ2v) is 7.74. The van der Waals surface area contributed by atoms with Crippen molar-refractivity contribution in [2.24, 2.45) is 0 Å². The Kier molecular flexibility index (Phi) is 5.95. The van der Waals surface area contributed by atoms with Gasteiger partial charge in [-0.05, 0) is 30.7 Å². The number of hydrogen-bond donors (Lipinski definition) is 0. The van der Waals surface area contributed by atoms with E-state index in [-0.39, 0.29) is 5.56 Å². The van der Waals surface area contributed by atoms with E-state index in [0.29, 0.717) is 21.9 Å². The van der Waals surface area contributed by atoms with E-state index in [1.807, 2.05) is 42.5 Å². The Bertz CT molecular complexity index is 1200. The van der Waals surface area contributed by atoms with Gasteiger partial charge >= 0.3 is 0 Å². The third-order valence-corrected chi connectivity index (χ3v) is 5.54. The van der Waals surface area contributed by atoms with Gasteiger partial charge in [0.25, 0.3) is 5.56 Å². The van der Waals surface area contributed by atoms with Gasteiger partial charge in [-0.25, -0.2) is 0 Å². The maximum atomic E-state index is 12.8. The van der Waals surface area contributed by atoms with Crippen LogP contribution in [0.5, 0.6) is 5.75 Å². The van der Waals surface area contributed by atoms with Crippen molar-refractivity contribution in [3.8, 4) is 17.1 Å². The lowest BCUT2D eigenvalue weighted by Gasteiger charge is -2.08. The topological polar surface area (TPSA) is 69.4 Å². The van der Waals surface area contributed by atoms with Crippen molar-refractivity contribution in [1.82, 2.24) is 19.6 Å². The molecule has 6 nitrogen and oxygen atoms in total. The molecule has 0 aliphatic rings. The molecule has 0 aliphatic heterocycles. The fourth-order valence-electron chi connectivity index (χ4n) is 3.04. The van der Waals surface area contributed by atoms with E-state index in [2.05, 4.69) is 22.0 Å². The first kappa shape index (κ1) is 19.3. The molecule has 4 aromatic rings. The monoisotopic (exact) mass is 406 g/mol. The van der Waals surface area contributed by atoms with E-state index in [1.165, 1.54) is 35.1 Å². The first-order chi connectivity index (χ1) is 14.3. The van der Waals surface area contributed by atoms with Crippen LogP contribution in [0.25, 0.3) is 22.4 Å². The molecule has 7 heteroatoms. The standard InChI is InChI=1S/C22H22N4O2S/c1-2-3-4-7-14-28-18-9-6-5-8-17(18)15-19-21(27)26-22(29-19)24-20(25-26)16-10-12-23-13-11-16/h5-6,8-13,15H,2-4,7,14H2,1H3/b19-15-. The molecular weight excluding hydrogens is 384 g/mol. The van der Waals surface area contributed by atoms with Crippen LogP contribution in [0.15, 0.2) is 53.6 Å². The van der Waals surface area contributed by atoms with Gasteiger partial charge in [-0.1, -0.05) is 55.7 Å². The molecule has 0 radical (unpaired) electrons. The minimum Gasteiger partial charge on any atom is -0.493 e. The summed E-state index contributed by atoms with van der Waals surface area (Å²) in [4.78, 5) is 21.9. The highest BCUT2D eigenvalue weighted by Crippen LogP contribution is 2.20. The van der Waals surface area contributed by atoms with E-state index < -0.39 is 0 Å². The van der Waals surface area contributed by atoms with E-state index in [4.69, 9.17) is 4.74 Å². The molecule has 0 fully saturated rings. The van der Waals surface area contributed by atoms with Crippen molar-refractivity contribution in [2.45, 2.75) is 32.6 Å². The van der Waals surface area contributed by atoms with Crippen molar-refractivity contribution in [3.63, 3.8) is 0 Å². The first-order valence-corrected chi connectivity index (χ1v) is 10.6. The van der Waals surface area contributed by atoms with E-state index in [0.717, 1.165) is 23.3 Å². The van der Waals surface area contributed by atoms with Crippen LogP contribution in [0.4, 0.5) is 0 Å². The summed E-state index contributed by atoms with van der Waals surface area (Å²) in [5.41, 5.74) is 1.55. The predicted octanol–water partition coefficient (Wildman–Crippen LogP) is 3.72. The second-order valence-electron chi connectivity index (χ2n) is 6.73. The molecule has 0 atom stereocenters. The molecule has 0 saturated heterocycles. The molecule has 0 N–H and O–H groups in total. The predicted molar refractivity (Wildman–Crippen MR) is 115 cm³/mol. The van der Waals surface area contributed by atoms with Crippen LogP contribution in [0.3, 0.4) is 0 Å². The van der Waals surface area contributed by atoms with Gasteiger partial charge in [0.05, 0.1) is 11.1 Å². The van der Waals surface area contributed by atoms with Crippen LogP contribution < -0.4 is 14.8 Å². The summed E-state index contributed by atoms with van der Waals surface area (Å²) in [6.45, 7) is 2.87. The minimum atomic E-state index is -0.171. The summed E-state index contributed by atoms with van der Waals surface area (Å²) < 4.78 is 7.90. The van der Waals surface area contributed by atoms with E-state index >= 15 is 0 Å². The van der Waals surface area contributed by atoms with Crippen molar-refractivity contribution in [1.29, 1.82) is 0 Å². The highest BCUT2D eigenvalue weighted by molar-refractivity contribution is 7.15. The minimum absolute atomic E-state index is 0.171. The summed E-state index contributed by atoms with van der Waals surface area (Å²) >= 11 is 1.33. The van der Waals surface area contributed by atoms with Gasteiger partial charge in [0, 0.05) is 23.5 Å². The van der Waals surface area contributed by atoms with Crippen LogP contribution in [0.2, 0.25) is 0 Å². The molecule has 0 saturated carbocycles. The molecule has 3 aromatic heterocycles. The number of pyridine rings is 1. The Morgan fingerprint density at radius 1 is 1.10 bits per heavy atom. The number of aromatic nitrogens is 4. The molecule has 0 aliphatic carbocycles. The molecule has 0 bridgehead atoms. The van der Waals surface area contributed by atoms with Crippen LogP contribution in [0, 0.1) is 0 Å². The Morgan fingerprint density at radius 2 is 1.93 bits per heavy atom. The van der Waals surface area contributed by atoms with Crippen LogP contribution in [0.1, 0.15) is 38.2 Å². The highest BCUT2D eigenvalue weighted by atomic mass is 32.1. The van der Waals surface area contributed by atoms with Gasteiger partial charge in [0.15, 0.2) is 5.82 Å². The number of thiazole rings is 1. The van der Waals surface area contributed by atoms with Gasteiger partial charge in [-0.2, -0.15) is 9.50 Å². The molecule has 148 valence electrons. The number of nitrogens with zero attached hydrogens (tertiary/aromatic N) is 4. The summed E-state index contributed by atoms with van der Waals surface area (Å²) in [7, 11) is 0. The smallest absolute Gasteiger partial charge is 0.291 e. The van der Waals surface area contributed by atoms with Gasteiger partial charge in [-0.3, -0.25) is 9.78 Å². The zero-order valence-electron chi connectivity index (χ0n) is 16.2. The Hall–Kier alpha value is -3.06. The van der Waals surface area contributed by atoms with Crippen molar-refractivity contribution < 1.29 is 4.74 Å². The zero-order chi connectivity index (χ0) is 20.1.